The van der Waals surface area contributed by atoms with Crippen LogP contribution in [-0.4, -0.2) is 0 Å². The minimum atomic E-state index is 0.106. The van der Waals surface area contributed by atoms with Gasteiger partial charge in [0.2, 0.25) is 0 Å². The van der Waals surface area contributed by atoms with Crippen molar-refractivity contribution in [2.24, 2.45) is 0 Å². The van der Waals surface area contributed by atoms with Crippen LogP contribution in [0.4, 0.5) is 0 Å². The monoisotopic (exact) mass is 392 g/mol. The highest BCUT2D eigenvalue weighted by Crippen LogP contribution is 2.34. The van der Waals surface area contributed by atoms with Crippen LogP contribution >= 0.6 is 55.1 Å². The molecule has 0 bridgehead atoms. The predicted molar refractivity (Wildman–Crippen MR) is 81.4 cm³/mol. The highest BCUT2D eigenvalue weighted by molar-refractivity contribution is 9.10. The Morgan fingerprint density at radius 2 is 1.47 bits per heavy atom. The second-order valence-electron chi connectivity index (χ2n) is 3.62. The van der Waals surface area contributed by atoms with Crippen LogP contribution in [0.1, 0.15) is 16.0 Å². The smallest absolute Gasteiger partial charge is 0.0645 e. The summed E-state index contributed by atoms with van der Waals surface area (Å²) in [6, 6.07) is 13.6. The van der Waals surface area contributed by atoms with Crippen molar-refractivity contribution in [2.45, 2.75) is 4.83 Å². The van der Waals surface area contributed by atoms with Crippen LogP contribution in [0.25, 0.3) is 0 Å². The maximum atomic E-state index is 6.03. The molecule has 0 heterocycles. The fourth-order valence-electron chi connectivity index (χ4n) is 1.55. The molecule has 0 aliphatic heterocycles. The summed E-state index contributed by atoms with van der Waals surface area (Å²) >= 11 is 19.0. The molecule has 0 aromatic heterocycles. The van der Waals surface area contributed by atoms with Gasteiger partial charge in [0, 0.05) is 14.5 Å². The van der Waals surface area contributed by atoms with E-state index in [0.29, 0.717) is 5.02 Å². The molecule has 0 aliphatic rings. The molecule has 2 rings (SSSR count). The van der Waals surface area contributed by atoms with E-state index in [-0.39, 0.29) is 4.83 Å². The summed E-state index contributed by atoms with van der Waals surface area (Å²) in [5.41, 5.74) is 2.25. The van der Waals surface area contributed by atoms with Gasteiger partial charge in [-0.05, 0) is 41.5 Å². The van der Waals surface area contributed by atoms with Crippen LogP contribution in [0, 0.1) is 0 Å². The second kappa shape index (κ2) is 5.75. The average molecular weight is 395 g/mol. The van der Waals surface area contributed by atoms with E-state index >= 15 is 0 Å². The van der Waals surface area contributed by atoms with Crippen LogP contribution in [0.3, 0.4) is 0 Å². The molecule has 1 unspecified atom stereocenters. The number of hydrogen-bond acceptors (Lipinski definition) is 0. The fourth-order valence-corrected chi connectivity index (χ4v) is 3.13. The summed E-state index contributed by atoms with van der Waals surface area (Å²) in [6.07, 6.45) is 0. The van der Waals surface area contributed by atoms with Gasteiger partial charge >= 0.3 is 0 Å². The first-order valence-corrected chi connectivity index (χ1v) is 7.38. The van der Waals surface area contributed by atoms with Gasteiger partial charge in [0.25, 0.3) is 0 Å². The topological polar surface area (TPSA) is 0 Å². The molecular weight excluding hydrogens is 387 g/mol. The van der Waals surface area contributed by atoms with E-state index in [2.05, 4.69) is 31.9 Å². The van der Waals surface area contributed by atoms with Crippen LogP contribution in [0.15, 0.2) is 46.9 Å². The molecule has 0 aliphatic carbocycles. The molecule has 0 amide bonds. The van der Waals surface area contributed by atoms with Gasteiger partial charge in [-0.1, -0.05) is 67.2 Å². The Hall–Kier alpha value is -0.0200. The Morgan fingerprint density at radius 1 is 0.824 bits per heavy atom. The van der Waals surface area contributed by atoms with E-state index in [9.17, 15) is 0 Å². The third kappa shape index (κ3) is 3.47. The molecule has 0 radical (unpaired) electrons. The zero-order valence-electron chi connectivity index (χ0n) is 8.63. The Balaban J connectivity index is 2.36. The van der Waals surface area contributed by atoms with E-state index in [1.165, 1.54) is 0 Å². The molecule has 0 spiro atoms. The van der Waals surface area contributed by atoms with Crippen LogP contribution in [0.2, 0.25) is 10.0 Å². The molecule has 0 N–H and O–H groups in total. The molecule has 0 saturated heterocycles. The number of hydrogen-bond donors (Lipinski definition) is 0. The van der Waals surface area contributed by atoms with E-state index in [1.54, 1.807) is 0 Å². The van der Waals surface area contributed by atoms with Crippen molar-refractivity contribution in [3.63, 3.8) is 0 Å². The maximum Gasteiger partial charge on any atom is 0.0645 e. The molecule has 2 aromatic carbocycles. The Kier molecular flexibility index (Phi) is 4.53. The SMILES string of the molecule is Clc1ccc(C(Br)c2cc(Cl)cc(Br)c2)cc1. The summed E-state index contributed by atoms with van der Waals surface area (Å²) in [6.45, 7) is 0. The molecular formula is C13H8Br2Cl2. The van der Waals surface area contributed by atoms with Crippen molar-refractivity contribution in [1.29, 1.82) is 0 Å². The molecule has 0 saturated carbocycles. The summed E-state index contributed by atoms with van der Waals surface area (Å²) < 4.78 is 0.971. The third-order valence-corrected chi connectivity index (χ3v) is 4.33. The molecule has 2 aromatic rings. The van der Waals surface area contributed by atoms with Gasteiger partial charge in [0.05, 0.1) is 4.83 Å². The Labute approximate surface area is 127 Å². The first-order chi connectivity index (χ1) is 8.06. The lowest BCUT2D eigenvalue weighted by Crippen LogP contribution is -1.92. The van der Waals surface area contributed by atoms with Crippen LogP contribution in [-0.2, 0) is 0 Å². The van der Waals surface area contributed by atoms with E-state index in [4.69, 9.17) is 23.2 Å². The number of halogens is 4. The number of benzene rings is 2. The van der Waals surface area contributed by atoms with Crippen molar-refractivity contribution in [1.82, 2.24) is 0 Å². The summed E-state index contributed by atoms with van der Waals surface area (Å²) in [5.74, 6) is 0. The van der Waals surface area contributed by atoms with E-state index < -0.39 is 0 Å². The quantitative estimate of drug-likeness (QED) is 0.529. The normalized spacial score (nSPS) is 12.5. The van der Waals surface area contributed by atoms with Gasteiger partial charge < -0.3 is 0 Å². The molecule has 0 nitrogen and oxygen atoms in total. The van der Waals surface area contributed by atoms with Crippen LogP contribution < -0.4 is 0 Å². The summed E-state index contributed by atoms with van der Waals surface area (Å²) in [7, 11) is 0. The summed E-state index contributed by atoms with van der Waals surface area (Å²) in [4.78, 5) is 0.106. The average Bonchev–Trinajstić information content (AvgIpc) is 2.28. The van der Waals surface area contributed by atoms with Crippen molar-refractivity contribution < 1.29 is 0 Å². The van der Waals surface area contributed by atoms with Gasteiger partial charge in [-0.15, -0.1) is 0 Å². The van der Waals surface area contributed by atoms with Crippen LogP contribution in [0.5, 0.6) is 0 Å². The van der Waals surface area contributed by atoms with Crippen molar-refractivity contribution in [2.75, 3.05) is 0 Å². The lowest BCUT2D eigenvalue weighted by Gasteiger charge is -2.11. The van der Waals surface area contributed by atoms with Gasteiger partial charge in [-0.2, -0.15) is 0 Å². The van der Waals surface area contributed by atoms with Crippen molar-refractivity contribution >= 4 is 55.1 Å². The Morgan fingerprint density at radius 3 is 2.06 bits per heavy atom. The summed E-state index contributed by atoms with van der Waals surface area (Å²) in [5, 5.41) is 1.45. The third-order valence-electron chi connectivity index (χ3n) is 2.34. The first kappa shape index (κ1) is 13.4. The lowest BCUT2D eigenvalue weighted by atomic mass is 10.1. The number of rotatable bonds is 2. The first-order valence-electron chi connectivity index (χ1n) is 4.92. The molecule has 4 heteroatoms. The van der Waals surface area contributed by atoms with Gasteiger partial charge in [0.1, 0.15) is 0 Å². The standard InChI is InChI=1S/C13H8Br2Cl2/c14-10-5-9(6-12(17)7-10)13(15)8-1-3-11(16)4-2-8/h1-7,13H. The molecule has 17 heavy (non-hydrogen) atoms. The van der Waals surface area contributed by atoms with Gasteiger partial charge in [-0.3, -0.25) is 0 Å². The van der Waals surface area contributed by atoms with E-state index in [1.807, 2.05) is 42.5 Å². The number of alkyl halides is 1. The zero-order valence-corrected chi connectivity index (χ0v) is 13.3. The Bertz CT molecular complexity index is 503. The predicted octanol–water partition coefficient (Wildman–Crippen LogP) is 6.24. The second-order valence-corrected chi connectivity index (χ2v) is 6.32. The lowest BCUT2D eigenvalue weighted by molar-refractivity contribution is 1.17. The molecule has 1 atom stereocenters. The molecule has 88 valence electrons. The van der Waals surface area contributed by atoms with E-state index in [0.717, 1.165) is 20.6 Å². The highest BCUT2D eigenvalue weighted by Gasteiger charge is 2.11. The zero-order chi connectivity index (χ0) is 12.4. The minimum absolute atomic E-state index is 0.106. The highest BCUT2D eigenvalue weighted by atomic mass is 79.9. The molecule has 0 fully saturated rings. The van der Waals surface area contributed by atoms with Gasteiger partial charge in [0.15, 0.2) is 0 Å². The fraction of sp³-hybridized carbons (Fsp3) is 0.0769. The largest absolute Gasteiger partial charge is 0.0843 e. The van der Waals surface area contributed by atoms with Gasteiger partial charge in [-0.25, -0.2) is 0 Å². The van der Waals surface area contributed by atoms with Crippen molar-refractivity contribution in [3.05, 3.63) is 68.1 Å². The maximum absolute atomic E-state index is 6.03. The minimum Gasteiger partial charge on any atom is -0.0843 e. The van der Waals surface area contributed by atoms with Crippen molar-refractivity contribution in [3.8, 4) is 0 Å².